The van der Waals surface area contributed by atoms with Gasteiger partial charge in [0.1, 0.15) is 18.2 Å². The minimum Gasteiger partial charge on any atom is -0.460 e. The highest BCUT2D eigenvalue weighted by molar-refractivity contribution is 9.10. The Hall–Kier alpha value is -2.09. The van der Waals surface area contributed by atoms with Crippen molar-refractivity contribution in [1.82, 2.24) is 10.2 Å². The van der Waals surface area contributed by atoms with Crippen molar-refractivity contribution in [3.8, 4) is 0 Å². The van der Waals surface area contributed by atoms with Crippen LogP contribution in [0.25, 0.3) is 0 Å². The standard InChI is InChI=1S/C24H35BrN2O5/c1-6-16(2)20(26-23(30)32-24(3,4)5)21(28)27-14-8-7-9-19(27)15-31-22(29)17-10-12-18(25)13-11-17/h10-13,16,19-20H,6-9,14-15H2,1-5H3,(H,26,30)/t16-,19+,20-/m0/s1. The maximum Gasteiger partial charge on any atom is 0.408 e. The van der Waals surface area contributed by atoms with Crippen molar-refractivity contribution in [1.29, 1.82) is 0 Å². The average molecular weight is 511 g/mol. The predicted octanol–water partition coefficient (Wildman–Crippen LogP) is 4.93. The molecule has 178 valence electrons. The average Bonchev–Trinajstić information content (AvgIpc) is 2.74. The SMILES string of the molecule is CC[C@H](C)[C@H](NC(=O)OC(C)(C)C)C(=O)N1CCCC[C@@H]1COC(=O)c1ccc(Br)cc1. The van der Waals surface area contributed by atoms with Crippen LogP contribution in [-0.2, 0) is 14.3 Å². The number of halogens is 1. The van der Waals surface area contributed by atoms with E-state index >= 15 is 0 Å². The van der Waals surface area contributed by atoms with Crippen LogP contribution in [0.2, 0.25) is 0 Å². The molecule has 0 unspecified atom stereocenters. The lowest BCUT2D eigenvalue weighted by Crippen LogP contribution is -2.57. The molecule has 1 N–H and O–H groups in total. The maximum atomic E-state index is 13.5. The van der Waals surface area contributed by atoms with Crippen LogP contribution >= 0.6 is 15.9 Å². The molecule has 32 heavy (non-hydrogen) atoms. The lowest BCUT2D eigenvalue weighted by molar-refractivity contribution is -0.139. The summed E-state index contributed by atoms with van der Waals surface area (Å²) in [5.41, 5.74) is -0.187. The van der Waals surface area contributed by atoms with Crippen LogP contribution in [0.1, 0.15) is 70.7 Å². The minimum absolute atomic E-state index is 0.0667. The molecule has 1 aliphatic rings. The van der Waals surface area contributed by atoms with Crippen LogP contribution in [0, 0.1) is 5.92 Å². The van der Waals surface area contributed by atoms with E-state index in [4.69, 9.17) is 9.47 Å². The molecule has 0 radical (unpaired) electrons. The van der Waals surface area contributed by atoms with Gasteiger partial charge in [-0.25, -0.2) is 9.59 Å². The highest BCUT2D eigenvalue weighted by Crippen LogP contribution is 2.22. The van der Waals surface area contributed by atoms with E-state index in [9.17, 15) is 14.4 Å². The van der Waals surface area contributed by atoms with Crippen molar-refractivity contribution in [3.05, 3.63) is 34.3 Å². The van der Waals surface area contributed by atoms with Crippen LogP contribution < -0.4 is 5.32 Å². The van der Waals surface area contributed by atoms with Gasteiger partial charge in [-0.3, -0.25) is 4.79 Å². The van der Waals surface area contributed by atoms with Crippen molar-refractivity contribution in [2.75, 3.05) is 13.2 Å². The molecule has 1 aromatic carbocycles. The molecule has 3 atom stereocenters. The summed E-state index contributed by atoms with van der Waals surface area (Å²) in [6.45, 7) is 9.97. The number of esters is 1. The summed E-state index contributed by atoms with van der Waals surface area (Å²) < 4.78 is 11.8. The molecule has 2 rings (SSSR count). The van der Waals surface area contributed by atoms with E-state index in [1.165, 1.54) is 0 Å². The normalized spacial score (nSPS) is 18.4. The number of carbonyl (C=O) groups excluding carboxylic acids is 3. The van der Waals surface area contributed by atoms with E-state index in [0.717, 1.165) is 30.2 Å². The minimum atomic E-state index is -0.697. The molecule has 7 nitrogen and oxygen atoms in total. The molecule has 0 bridgehead atoms. The van der Waals surface area contributed by atoms with Gasteiger partial charge in [-0.2, -0.15) is 0 Å². The molecule has 8 heteroatoms. The zero-order valence-electron chi connectivity index (χ0n) is 19.7. The monoisotopic (exact) mass is 510 g/mol. The van der Waals surface area contributed by atoms with E-state index in [1.54, 1.807) is 49.9 Å². The lowest BCUT2D eigenvalue weighted by Gasteiger charge is -2.38. The molecule has 2 amide bonds. The van der Waals surface area contributed by atoms with E-state index in [2.05, 4.69) is 21.2 Å². The second-order valence-electron chi connectivity index (χ2n) is 9.30. The fraction of sp³-hybridized carbons (Fsp3) is 0.625. The zero-order valence-corrected chi connectivity index (χ0v) is 21.2. The first-order chi connectivity index (χ1) is 15.0. The molecule has 0 spiro atoms. The quantitative estimate of drug-likeness (QED) is 0.525. The Morgan fingerprint density at radius 3 is 2.44 bits per heavy atom. The van der Waals surface area contributed by atoms with Gasteiger partial charge in [0.25, 0.3) is 0 Å². The molecule has 0 aromatic heterocycles. The maximum absolute atomic E-state index is 13.5. The van der Waals surface area contributed by atoms with Crippen molar-refractivity contribution in [2.45, 2.75) is 78.0 Å². The van der Waals surface area contributed by atoms with Crippen LogP contribution in [0.3, 0.4) is 0 Å². The Morgan fingerprint density at radius 1 is 1.19 bits per heavy atom. The third-order valence-electron chi connectivity index (χ3n) is 5.55. The van der Waals surface area contributed by atoms with Gasteiger partial charge in [-0.1, -0.05) is 36.2 Å². The highest BCUT2D eigenvalue weighted by Gasteiger charge is 2.36. The Balaban J connectivity index is 2.08. The van der Waals surface area contributed by atoms with Crippen LogP contribution in [0.5, 0.6) is 0 Å². The summed E-state index contributed by atoms with van der Waals surface area (Å²) in [7, 11) is 0. The summed E-state index contributed by atoms with van der Waals surface area (Å²) in [5.74, 6) is -0.640. The Kier molecular flexibility index (Phi) is 9.55. The zero-order chi connectivity index (χ0) is 23.9. The number of benzene rings is 1. The number of carbonyl (C=O) groups is 3. The third-order valence-corrected chi connectivity index (χ3v) is 6.08. The summed E-state index contributed by atoms with van der Waals surface area (Å²) >= 11 is 3.35. The number of piperidine rings is 1. The molecule has 0 aliphatic carbocycles. The van der Waals surface area contributed by atoms with E-state index in [1.807, 2.05) is 13.8 Å². The van der Waals surface area contributed by atoms with Gasteiger partial charge >= 0.3 is 12.1 Å². The van der Waals surface area contributed by atoms with Crippen LogP contribution in [-0.4, -0.2) is 53.7 Å². The van der Waals surface area contributed by atoms with Gasteiger partial charge in [0.2, 0.25) is 5.91 Å². The summed E-state index contributed by atoms with van der Waals surface area (Å²) in [6.07, 6.45) is 2.70. The lowest BCUT2D eigenvalue weighted by atomic mass is 9.95. The number of hydrogen-bond acceptors (Lipinski definition) is 5. The fourth-order valence-corrected chi connectivity index (χ4v) is 3.87. The molecule has 1 heterocycles. The number of alkyl carbamates (subject to hydrolysis) is 1. The van der Waals surface area contributed by atoms with Crippen LogP contribution in [0.15, 0.2) is 28.7 Å². The molecule has 1 aromatic rings. The van der Waals surface area contributed by atoms with Gasteiger partial charge in [0.05, 0.1) is 11.6 Å². The van der Waals surface area contributed by atoms with Crippen molar-refractivity contribution < 1.29 is 23.9 Å². The topological polar surface area (TPSA) is 84.9 Å². The molecular weight excluding hydrogens is 476 g/mol. The highest BCUT2D eigenvalue weighted by atomic mass is 79.9. The molecule has 0 saturated carbocycles. The molecule has 1 fully saturated rings. The largest absolute Gasteiger partial charge is 0.460 e. The second kappa shape index (κ2) is 11.7. The Bertz CT molecular complexity index is 791. The number of ether oxygens (including phenoxy) is 2. The first-order valence-corrected chi connectivity index (χ1v) is 12.0. The van der Waals surface area contributed by atoms with Gasteiger partial charge < -0.3 is 19.7 Å². The Labute approximate surface area is 199 Å². The third kappa shape index (κ3) is 7.80. The van der Waals surface area contributed by atoms with E-state index in [-0.39, 0.29) is 24.5 Å². The van der Waals surface area contributed by atoms with E-state index < -0.39 is 23.7 Å². The number of nitrogens with zero attached hydrogens (tertiary/aromatic N) is 1. The number of hydrogen-bond donors (Lipinski definition) is 1. The van der Waals surface area contributed by atoms with Gasteiger partial charge in [-0.15, -0.1) is 0 Å². The summed E-state index contributed by atoms with van der Waals surface area (Å²) in [4.78, 5) is 40.0. The first-order valence-electron chi connectivity index (χ1n) is 11.2. The first kappa shape index (κ1) is 26.2. The number of amides is 2. The van der Waals surface area contributed by atoms with Crippen molar-refractivity contribution >= 4 is 33.9 Å². The summed E-state index contributed by atoms with van der Waals surface area (Å²) in [5, 5.41) is 2.77. The number of rotatable bonds is 7. The van der Waals surface area contributed by atoms with Gasteiger partial charge in [0.15, 0.2) is 0 Å². The molecular formula is C24H35BrN2O5. The Morgan fingerprint density at radius 2 is 1.84 bits per heavy atom. The smallest absolute Gasteiger partial charge is 0.408 e. The molecule has 1 aliphatic heterocycles. The molecule has 1 saturated heterocycles. The van der Waals surface area contributed by atoms with Gasteiger partial charge in [-0.05, 0) is 70.2 Å². The number of nitrogens with one attached hydrogen (secondary N) is 1. The van der Waals surface area contributed by atoms with Crippen molar-refractivity contribution in [2.24, 2.45) is 5.92 Å². The predicted molar refractivity (Wildman–Crippen MR) is 126 cm³/mol. The van der Waals surface area contributed by atoms with E-state index in [0.29, 0.717) is 12.1 Å². The van der Waals surface area contributed by atoms with Crippen molar-refractivity contribution in [3.63, 3.8) is 0 Å². The van der Waals surface area contributed by atoms with Gasteiger partial charge in [0, 0.05) is 11.0 Å². The fourth-order valence-electron chi connectivity index (χ4n) is 3.60. The second-order valence-corrected chi connectivity index (χ2v) is 10.2. The number of likely N-dealkylation sites (tertiary alicyclic amines) is 1. The summed E-state index contributed by atoms with van der Waals surface area (Å²) in [6, 6.07) is 6.04. The van der Waals surface area contributed by atoms with Crippen LogP contribution in [0.4, 0.5) is 4.79 Å².